The first-order valence-electron chi connectivity index (χ1n) is 7.02. The van der Waals surface area contributed by atoms with E-state index in [1.54, 1.807) is 4.90 Å². The summed E-state index contributed by atoms with van der Waals surface area (Å²) in [4.78, 5) is 25.5. The standard InChI is InChI=1S/C14H26N2O2/c1-5-6-12-14(18)16(9-13(17)15-12)8-11(4)7-10(2)3/h10-12H,5-9H2,1-4H3,(H,15,17). The molecule has 1 N–H and O–H groups in total. The Hall–Kier alpha value is -1.06. The molecule has 0 spiro atoms. The topological polar surface area (TPSA) is 49.4 Å². The maximum atomic E-state index is 12.2. The number of hydrogen-bond donors (Lipinski definition) is 1. The first-order valence-corrected chi connectivity index (χ1v) is 7.02. The van der Waals surface area contributed by atoms with Gasteiger partial charge in [-0.1, -0.05) is 34.1 Å². The van der Waals surface area contributed by atoms with Crippen LogP contribution < -0.4 is 5.32 Å². The average molecular weight is 254 g/mol. The lowest BCUT2D eigenvalue weighted by atomic mass is 9.97. The van der Waals surface area contributed by atoms with Crippen molar-refractivity contribution in [1.29, 1.82) is 0 Å². The van der Waals surface area contributed by atoms with E-state index in [0.717, 1.165) is 19.3 Å². The lowest BCUT2D eigenvalue weighted by molar-refractivity contribution is -0.145. The fourth-order valence-electron chi connectivity index (χ4n) is 2.67. The van der Waals surface area contributed by atoms with Gasteiger partial charge in [-0.3, -0.25) is 9.59 Å². The second kappa shape index (κ2) is 6.76. The molecule has 1 fully saturated rings. The first kappa shape index (κ1) is 15.0. The number of nitrogens with zero attached hydrogens (tertiary/aromatic N) is 1. The van der Waals surface area contributed by atoms with Crippen LogP contribution in [-0.2, 0) is 9.59 Å². The second-order valence-corrected chi connectivity index (χ2v) is 5.86. The Morgan fingerprint density at radius 3 is 2.56 bits per heavy atom. The third-order valence-electron chi connectivity index (χ3n) is 3.26. The highest BCUT2D eigenvalue weighted by molar-refractivity contribution is 5.94. The predicted molar refractivity (Wildman–Crippen MR) is 72.0 cm³/mol. The second-order valence-electron chi connectivity index (χ2n) is 5.86. The highest BCUT2D eigenvalue weighted by atomic mass is 16.2. The molecule has 104 valence electrons. The summed E-state index contributed by atoms with van der Waals surface area (Å²) in [6.07, 6.45) is 2.73. The van der Waals surface area contributed by atoms with Crippen LogP contribution >= 0.6 is 0 Å². The van der Waals surface area contributed by atoms with E-state index in [-0.39, 0.29) is 24.4 Å². The maximum absolute atomic E-state index is 12.2. The number of carbonyl (C=O) groups excluding carboxylic acids is 2. The summed E-state index contributed by atoms with van der Waals surface area (Å²) >= 11 is 0. The Bertz CT molecular complexity index is 302. The van der Waals surface area contributed by atoms with E-state index in [1.807, 2.05) is 6.92 Å². The Kier molecular flexibility index (Phi) is 5.63. The zero-order chi connectivity index (χ0) is 13.7. The molecular weight excluding hydrogens is 228 g/mol. The molecule has 0 saturated carbocycles. The molecule has 2 atom stereocenters. The van der Waals surface area contributed by atoms with Gasteiger partial charge in [0.05, 0.1) is 6.54 Å². The molecule has 2 unspecified atom stereocenters. The van der Waals surface area contributed by atoms with E-state index >= 15 is 0 Å². The lowest BCUT2D eigenvalue weighted by Crippen LogP contribution is -2.58. The lowest BCUT2D eigenvalue weighted by Gasteiger charge is -2.34. The van der Waals surface area contributed by atoms with E-state index in [2.05, 4.69) is 26.1 Å². The third kappa shape index (κ3) is 4.31. The maximum Gasteiger partial charge on any atom is 0.245 e. The van der Waals surface area contributed by atoms with Gasteiger partial charge in [0, 0.05) is 6.54 Å². The molecule has 0 radical (unpaired) electrons. The molecule has 1 heterocycles. The molecule has 1 aliphatic heterocycles. The normalized spacial score (nSPS) is 22.3. The number of nitrogens with one attached hydrogen (secondary N) is 1. The summed E-state index contributed by atoms with van der Waals surface area (Å²) in [7, 11) is 0. The Morgan fingerprint density at radius 2 is 2.00 bits per heavy atom. The van der Waals surface area contributed by atoms with Crippen LogP contribution in [0.25, 0.3) is 0 Å². The molecule has 1 saturated heterocycles. The van der Waals surface area contributed by atoms with E-state index in [0.29, 0.717) is 18.4 Å². The summed E-state index contributed by atoms with van der Waals surface area (Å²) < 4.78 is 0. The van der Waals surface area contributed by atoms with Crippen molar-refractivity contribution in [2.45, 2.75) is 53.0 Å². The van der Waals surface area contributed by atoms with Crippen LogP contribution in [0.1, 0.15) is 47.0 Å². The van der Waals surface area contributed by atoms with E-state index in [9.17, 15) is 9.59 Å². The van der Waals surface area contributed by atoms with Gasteiger partial charge in [-0.25, -0.2) is 0 Å². The van der Waals surface area contributed by atoms with Gasteiger partial charge in [0.25, 0.3) is 0 Å². The van der Waals surface area contributed by atoms with Gasteiger partial charge in [0.15, 0.2) is 0 Å². The Labute approximate surface area is 110 Å². The van der Waals surface area contributed by atoms with Crippen LogP contribution in [-0.4, -0.2) is 35.8 Å². The SMILES string of the molecule is CCCC1NC(=O)CN(CC(C)CC(C)C)C1=O. The van der Waals surface area contributed by atoms with Crippen molar-refractivity contribution < 1.29 is 9.59 Å². The highest BCUT2D eigenvalue weighted by Gasteiger charge is 2.32. The molecule has 1 rings (SSSR count). The van der Waals surface area contributed by atoms with Crippen molar-refractivity contribution in [2.24, 2.45) is 11.8 Å². The quantitative estimate of drug-likeness (QED) is 0.785. The minimum absolute atomic E-state index is 0.0233. The molecule has 4 heteroatoms. The van der Waals surface area contributed by atoms with Crippen molar-refractivity contribution in [3.63, 3.8) is 0 Å². The van der Waals surface area contributed by atoms with Crippen LogP contribution in [0.4, 0.5) is 0 Å². The van der Waals surface area contributed by atoms with Crippen LogP contribution in [0.3, 0.4) is 0 Å². The third-order valence-corrected chi connectivity index (χ3v) is 3.26. The molecule has 0 bridgehead atoms. The smallest absolute Gasteiger partial charge is 0.245 e. The molecule has 0 aromatic heterocycles. The van der Waals surface area contributed by atoms with Crippen LogP contribution in [0.15, 0.2) is 0 Å². The van der Waals surface area contributed by atoms with E-state index in [4.69, 9.17) is 0 Å². The molecule has 2 amide bonds. The average Bonchev–Trinajstić information content (AvgIpc) is 2.23. The molecule has 0 aromatic carbocycles. The van der Waals surface area contributed by atoms with Crippen LogP contribution in [0, 0.1) is 11.8 Å². The molecular formula is C14H26N2O2. The van der Waals surface area contributed by atoms with Gasteiger partial charge in [0.2, 0.25) is 11.8 Å². The van der Waals surface area contributed by atoms with Crippen molar-refractivity contribution in [1.82, 2.24) is 10.2 Å². The molecule has 4 nitrogen and oxygen atoms in total. The van der Waals surface area contributed by atoms with Crippen molar-refractivity contribution in [3.8, 4) is 0 Å². The summed E-state index contributed by atoms with van der Waals surface area (Å²) in [5.41, 5.74) is 0. The molecule has 0 aromatic rings. The zero-order valence-corrected chi connectivity index (χ0v) is 12.0. The molecule has 1 aliphatic rings. The molecule has 0 aliphatic carbocycles. The number of amides is 2. The minimum atomic E-state index is -0.303. The van der Waals surface area contributed by atoms with E-state index in [1.165, 1.54) is 0 Å². The fraction of sp³-hybridized carbons (Fsp3) is 0.857. The first-order chi connectivity index (χ1) is 8.43. The van der Waals surface area contributed by atoms with Crippen LogP contribution in [0.2, 0.25) is 0 Å². The minimum Gasteiger partial charge on any atom is -0.343 e. The van der Waals surface area contributed by atoms with Gasteiger partial charge < -0.3 is 10.2 Å². The number of hydrogen-bond acceptors (Lipinski definition) is 2. The summed E-state index contributed by atoms with van der Waals surface area (Å²) in [6.45, 7) is 9.46. The van der Waals surface area contributed by atoms with Gasteiger partial charge in [-0.05, 0) is 24.7 Å². The summed E-state index contributed by atoms with van der Waals surface area (Å²) in [6, 6.07) is -0.303. The van der Waals surface area contributed by atoms with Crippen LogP contribution in [0.5, 0.6) is 0 Å². The van der Waals surface area contributed by atoms with Crippen molar-refractivity contribution >= 4 is 11.8 Å². The number of piperazine rings is 1. The van der Waals surface area contributed by atoms with Gasteiger partial charge in [0.1, 0.15) is 6.04 Å². The largest absolute Gasteiger partial charge is 0.343 e. The zero-order valence-electron chi connectivity index (χ0n) is 12.0. The number of carbonyl (C=O) groups is 2. The van der Waals surface area contributed by atoms with Gasteiger partial charge in [-0.2, -0.15) is 0 Å². The monoisotopic (exact) mass is 254 g/mol. The summed E-state index contributed by atoms with van der Waals surface area (Å²) in [5, 5.41) is 2.78. The number of rotatable bonds is 6. The highest BCUT2D eigenvalue weighted by Crippen LogP contribution is 2.15. The van der Waals surface area contributed by atoms with Crippen molar-refractivity contribution in [3.05, 3.63) is 0 Å². The Morgan fingerprint density at radius 1 is 1.33 bits per heavy atom. The Balaban J connectivity index is 2.57. The van der Waals surface area contributed by atoms with Gasteiger partial charge in [-0.15, -0.1) is 0 Å². The predicted octanol–water partition coefficient (Wildman–Crippen LogP) is 1.80. The van der Waals surface area contributed by atoms with E-state index < -0.39 is 0 Å². The van der Waals surface area contributed by atoms with Crippen molar-refractivity contribution in [2.75, 3.05) is 13.1 Å². The fourth-order valence-corrected chi connectivity index (χ4v) is 2.67. The summed E-state index contributed by atoms with van der Waals surface area (Å²) in [5.74, 6) is 1.14. The van der Waals surface area contributed by atoms with Gasteiger partial charge >= 0.3 is 0 Å². The molecule has 18 heavy (non-hydrogen) atoms.